The summed E-state index contributed by atoms with van der Waals surface area (Å²) < 4.78 is 2.06. The predicted molar refractivity (Wildman–Crippen MR) is 88.9 cm³/mol. The fraction of sp³-hybridized carbons (Fsp3) is 0.389. The molecule has 4 nitrogen and oxygen atoms in total. The molecule has 0 aliphatic carbocycles. The van der Waals surface area contributed by atoms with Gasteiger partial charge in [-0.25, -0.2) is 0 Å². The number of aryl methyl sites for hydroxylation is 1. The Kier molecular flexibility index (Phi) is 4.47. The number of carbonyl (C=O) groups excluding carboxylic acids is 1. The first-order valence-corrected chi connectivity index (χ1v) is 7.94. The van der Waals surface area contributed by atoms with E-state index in [2.05, 4.69) is 40.7 Å². The van der Waals surface area contributed by atoms with Gasteiger partial charge in [0.25, 0.3) is 0 Å². The molecule has 116 valence electrons. The fourth-order valence-electron chi connectivity index (χ4n) is 3.09. The molecule has 2 aromatic rings. The highest BCUT2D eigenvalue weighted by Gasteiger charge is 2.27. The smallest absolute Gasteiger partial charge is 0.224 e. The number of piperazine rings is 1. The van der Waals surface area contributed by atoms with Crippen molar-refractivity contribution >= 4 is 11.6 Å². The van der Waals surface area contributed by atoms with Gasteiger partial charge in [0.05, 0.1) is 0 Å². The second-order valence-corrected chi connectivity index (χ2v) is 5.89. The van der Waals surface area contributed by atoms with Crippen LogP contribution in [0, 0.1) is 0 Å². The molecule has 1 saturated heterocycles. The summed E-state index contributed by atoms with van der Waals surface area (Å²) in [4.78, 5) is 16.8. The summed E-state index contributed by atoms with van der Waals surface area (Å²) >= 11 is 0. The highest BCUT2D eigenvalue weighted by Crippen LogP contribution is 2.19. The third kappa shape index (κ3) is 3.32. The van der Waals surface area contributed by atoms with Gasteiger partial charge in [-0.15, -0.1) is 0 Å². The third-order valence-electron chi connectivity index (χ3n) is 4.32. The van der Waals surface area contributed by atoms with Crippen molar-refractivity contribution in [3.8, 4) is 0 Å². The summed E-state index contributed by atoms with van der Waals surface area (Å²) in [6, 6.07) is 14.7. The van der Waals surface area contributed by atoms with Gasteiger partial charge in [-0.1, -0.05) is 18.2 Å². The van der Waals surface area contributed by atoms with E-state index in [4.69, 9.17) is 0 Å². The average Bonchev–Trinajstić information content (AvgIpc) is 3.07. The van der Waals surface area contributed by atoms with Crippen LogP contribution in [0.5, 0.6) is 0 Å². The van der Waals surface area contributed by atoms with Crippen molar-refractivity contribution in [3.63, 3.8) is 0 Å². The number of hydrogen-bond acceptors (Lipinski definition) is 2. The zero-order chi connectivity index (χ0) is 15.4. The fourth-order valence-corrected chi connectivity index (χ4v) is 3.09. The van der Waals surface area contributed by atoms with Crippen molar-refractivity contribution in [2.24, 2.45) is 0 Å². The van der Waals surface area contributed by atoms with Gasteiger partial charge in [-0.2, -0.15) is 0 Å². The van der Waals surface area contributed by atoms with Crippen LogP contribution < -0.4 is 4.90 Å². The number of hydrogen-bond donors (Lipinski definition) is 0. The predicted octanol–water partition coefficient (Wildman–Crippen LogP) is 2.62. The molecule has 0 saturated carbocycles. The van der Waals surface area contributed by atoms with Gasteiger partial charge in [-0.05, 0) is 31.2 Å². The van der Waals surface area contributed by atoms with Crippen molar-refractivity contribution in [1.82, 2.24) is 9.47 Å². The van der Waals surface area contributed by atoms with Crippen LogP contribution in [-0.4, -0.2) is 41.1 Å². The summed E-state index contributed by atoms with van der Waals surface area (Å²) in [5, 5.41) is 0. The number of benzene rings is 1. The van der Waals surface area contributed by atoms with E-state index in [0.717, 1.165) is 26.2 Å². The minimum absolute atomic E-state index is 0.256. The van der Waals surface area contributed by atoms with Crippen molar-refractivity contribution in [1.29, 1.82) is 0 Å². The van der Waals surface area contributed by atoms with E-state index in [1.54, 1.807) is 0 Å². The van der Waals surface area contributed by atoms with Crippen LogP contribution in [0.3, 0.4) is 0 Å². The molecule has 0 radical (unpaired) electrons. The Labute approximate surface area is 132 Å². The van der Waals surface area contributed by atoms with E-state index in [1.165, 1.54) is 5.69 Å². The first-order chi connectivity index (χ1) is 10.7. The molecule has 1 amide bonds. The number of carbonyl (C=O) groups is 1. The molecule has 4 heteroatoms. The van der Waals surface area contributed by atoms with Gasteiger partial charge >= 0.3 is 0 Å². The Balaban J connectivity index is 1.55. The lowest BCUT2D eigenvalue weighted by molar-refractivity contribution is -0.133. The second kappa shape index (κ2) is 6.69. The Bertz CT molecular complexity index is 594. The molecule has 1 aromatic heterocycles. The molecular weight excluding hydrogens is 274 g/mol. The number of rotatable bonds is 4. The molecule has 22 heavy (non-hydrogen) atoms. The Morgan fingerprint density at radius 3 is 2.50 bits per heavy atom. The lowest BCUT2D eigenvalue weighted by Crippen LogP contribution is -2.54. The van der Waals surface area contributed by atoms with Crippen molar-refractivity contribution in [2.75, 3.05) is 24.5 Å². The van der Waals surface area contributed by atoms with Crippen molar-refractivity contribution in [2.45, 2.75) is 25.9 Å². The van der Waals surface area contributed by atoms with E-state index in [1.807, 2.05) is 35.5 Å². The SMILES string of the molecule is C[C@H]1CN(c2ccccc2)CCN1C(=O)CCn1cccc1. The maximum atomic E-state index is 12.4. The minimum atomic E-state index is 0.256. The Morgan fingerprint density at radius 1 is 1.09 bits per heavy atom. The van der Waals surface area contributed by atoms with E-state index < -0.39 is 0 Å². The molecule has 3 rings (SSSR count). The molecule has 1 aliphatic heterocycles. The van der Waals surface area contributed by atoms with Crippen LogP contribution in [0.4, 0.5) is 5.69 Å². The largest absolute Gasteiger partial charge is 0.368 e. The highest BCUT2D eigenvalue weighted by atomic mass is 16.2. The quantitative estimate of drug-likeness (QED) is 0.868. The monoisotopic (exact) mass is 297 g/mol. The zero-order valence-corrected chi connectivity index (χ0v) is 13.1. The van der Waals surface area contributed by atoms with Crippen LogP contribution >= 0.6 is 0 Å². The second-order valence-electron chi connectivity index (χ2n) is 5.89. The lowest BCUT2D eigenvalue weighted by Gasteiger charge is -2.41. The molecule has 1 atom stereocenters. The zero-order valence-electron chi connectivity index (χ0n) is 13.1. The average molecular weight is 297 g/mol. The van der Waals surface area contributed by atoms with Crippen LogP contribution in [-0.2, 0) is 11.3 Å². The van der Waals surface area contributed by atoms with E-state index in [9.17, 15) is 4.79 Å². The minimum Gasteiger partial charge on any atom is -0.368 e. The number of nitrogens with zero attached hydrogens (tertiary/aromatic N) is 3. The summed E-state index contributed by atoms with van der Waals surface area (Å²) in [7, 11) is 0. The summed E-state index contributed by atoms with van der Waals surface area (Å²) in [5.41, 5.74) is 1.24. The maximum absolute atomic E-state index is 12.4. The normalized spacial score (nSPS) is 18.5. The number of amides is 1. The van der Waals surface area contributed by atoms with Gasteiger partial charge in [0, 0.05) is 56.7 Å². The van der Waals surface area contributed by atoms with Gasteiger partial charge in [0.1, 0.15) is 0 Å². The third-order valence-corrected chi connectivity index (χ3v) is 4.32. The molecule has 0 bridgehead atoms. The van der Waals surface area contributed by atoms with Crippen LogP contribution in [0.15, 0.2) is 54.9 Å². The molecule has 2 heterocycles. The van der Waals surface area contributed by atoms with Gasteiger partial charge < -0.3 is 14.4 Å². The number of para-hydroxylation sites is 1. The van der Waals surface area contributed by atoms with Crippen molar-refractivity contribution < 1.29 is 4.79 Å². The molecular formula is C18H23N3O. The highest BCUT2D eigenvalue weighted by molar-refractivity contribution is 5.76. The first-order valence-electron chi connectivity index (χ1n) is 7.94. The van der Waals surface area contributed by atoms with Crippen LogP contribution in [0.2, 0.25) is 0 Å². The molecule has 0 unspecified atom stereocenters. The van der Waals surface area contributed by atoms with Gasteiger partial charge in [0.2, 0.25) is 5.91 Å². The standard InChI is InChI=1S/C18H23N3O/c1-16-15-20(17-7-3-2-4-8-17)13-14-21(16)18(22)9-12-19-10-5-6-11-19/h2-8,10-11,16H,9,12-15H2,1H3/t16-/m0/s1. The number of aromatic nitrogens is 1. The first kappa shape index (κ1) is 14.7. The van der Waals surface area contributed by atoms with Crippen molar-refractivity contribution in [3.05, 3.63) is 54.9 Å². The number of anilines is 1. The summed E-state index contributed by atoms with van der Waals surface area (Å²) in [6.45, 7) is 5.52. The Hall–Kier alpha value is -2.23. The van der Waals surface area contributed by atoms with E-state index in [0.29, 0.717) is 6.42 Å². The van der Waals surface area contributed by atoms with E-state index >= 15 is 0 Å². The van der Waals surface area contributed by atoms with E-state index in [-0.39, 0.29) is 11.9 Å². The van der Waals surface area contributed by atoms with Gasteiger partial charge in [0.15, 0.2) is 0 Å². The topological polar surface area (TPSA) is 28.5 Å². The lowest BCUT2D eigenvalue weighted by atomic mass is 10.1. The van der Waals surface area contributed by atoms with Crippen LogP contribution in [0.25, 0.3) is 0 Å². The molecule has 1 fully saturated rings. The van der Waals surface area contributed by atoms with Gasteiger partial charge in [-0.3, -0.25) is 4.79 Å². The Morgan fingerprint density at radius 2 is 1.82 bits per heavy atom. The summed E-state index contributed by atoms with van der Waals surface area (Å²) in [6.07, 6.45) is 4.58. The summed E-state index contributed by atoms with van der Waals surface area (Å²) in [5.74, 6) is 0.258. The van der Waals surface area contributed by atoms with Crippen LogP contribution in [0.1, 0.15) is 13.3 Å². The molecule has 0 spiro atoms. The maximum Gasteiger partial charge on any atom is 0.224 e. The molecule has 1 aromatic carbocycles. The molecule has 0 N–H and O–H groups in total. The molecule has 1 aliphatic rings.